The molecule has 0 unspecified atom stereocenters. The standard InChI is InChI=1S/C15H14N2O4S3/c1-10-3-6-12(7-4-10)24(20,21)17-11-5-8-13-14(9-11)22-15(16-13)23(2,18)19/h3-9,17H,1-2H3. The molecule has 0 fully saturated rings. The minimum atomic E-state index is -3.70. The number of anilines is 1. The summed E-state index contributed by atoms with van der Waals surface area (Å²) < 4.78 is 51.0. The van der Waals surface area contributed by atoms with Crippen molar-refractivity contribution in [3.63, 3.8) is 0 Å². The van der Waals surface area contributed by atoms with Crippen LogP contribution in [0.5, 0.6) is 0 Å². The van der Waals surface area contributed by atoms with Crippen molar-refractivity contribution in [2.45, 2.75) is 16.2 Å². The van der Waals surface area contributed by atoms with E-state index in [1.54, 1.807) is 30.3 Å². The molecule has 1 aromatic heterocycles. The zero-order valence-electron chi connectivity index (χ0n) is 12.8. The molecular formula is C15H14N2O4S3. The lowest BCUT2D eigenvalue weighted by Gasteiger charge is -2.08. The van der Waals surface area contributed by atoms with Crippen LogP contribution in [0.25, 0.3) is 10.2 Å². The molecule has 0 radical (unpaired) electrons. The highest BCUT2D eigenvalue weighted by atomic mass is 32.2. The van der Waals surface area contributed by atoms with Crippen LogP contribution in [0.4, 0.5) is 5.69 Å². The highest BCUT2D eigenvalue weighted by Crippen LogP contribution is 2.28. The molecule has 0 bridgehead atoms. The van der Waals surface area contributed by atoms with Gasteiger partial charge in [-0.3, -0.25) is 4.72 Å². The van der Waals surface area contributed by atoms with Crippen molar-refractivity contribution in [2.24, 2.45) is 0 Å². The predicted molar refractivity (Wildman–Crippen MR) is 94.7 cm³/mol. The van der Waals surface area contributed by atoms with Crippen LogP contribution in [0.2, 0.25) is 0 Å². The van der Waals surface area contributed by atoms with Gasteiger partial charge in [-0.25, -0.2) is 21.8 Å². The third-order valence-electron chi connectivity index (χ3n) is 3.27. The minimum absolute atomic E-state index is 0.0102. The summed E-state index contributed by atoms with van der Waals surface area (Å²) >= 11 is 1.01. The highest BCUT2D eigenvalue weighted by Gasteiger charge is 2.17. The van der Waals surface area contributed by atoms with Crippen LogP contribution >= 0.6 is 11.3 Å². The summed E-state index contributed by atoms with van der Waals surface area (Å²) in [5.74, 6) is 0. The van der Waals surface area contributed by atoms with E-state index in [9.17, 15) is 16.8 Å². The maximum atomic E-state index is 12.4. The zero-order chi connectivity index (χ0) is 17.5. The van der Waals surface area contributed by atoms with E-state index in [2.05, 4.69) is 9.71 Å². The SMILES string of the molecule is Cc1ccc(S(=O)(=O)Nc2ccc3nc(S(C)(=O)=O)sc3c2)cc1. The summed E-state index contributed by atoms with van der Waals surface area (Å²) in [6.07, 6.45) is 1.09. The lowest BCUT2D eigenvalue weighted by atomic mass is 10.2. The van der Waals surface area contributed by atoms with Gasteiger partial charge in [-0.2, -0.15) is 0 Å². The Bertz CT molecular complexity index is 1120. The van der Waals surface area contributed by atoms with E-state index in [-0.39, 0.29) is 9.24 Å². The molecule has 6 nitrogen and oxygen atoms in total. The van der Waals surface area contributed by atoms with Crippen LogP contribution in [0.1, 0.15) is 5.56 Å². The molecule has 2 aromatic carbocycles. The molecule has 24 heavy (non-hydrogen) atoms. The van der Waals surface area contributed by atoms with Gasteiger partial charge < -0.3 is 0 Å². The van der Waals surface area contributed by atoms with E-state index in [1.807, 2.05) is 6.92 Å². The van der Waals surface area contributed by atoms with Gasteiger partial charge in [0.05, 0.1) is 20.8 Å². The number of rotatable bonds is 4. The third-order valence-corrected chi connectivity index (χ3v) is 7.36. The van der Waals surface area contributed by atoms with E-state index in [1.165, 1.54) is 12.1 Å². The number of fused-ring (bicyclic) bond motifs is 1. The van der Waals surface area contributed by atoms with Crippen molar-refractivity contribution < 1.29 is 16.8 Å². The third kappa shape index (κ3) is 3.42. The van der Waals surface area contributed by atoms with Gasteiger partial charge >= 0.3 is 0 Å². The number of sulfonamides is 1. The van der Waals surface area contributed by atoms with Gasteiger partial charge in [-0.05, 0) is 37.3 Å². The summed E-state index contributed by atoms with van der Waals surface area (Å²) in [5.41, 5.74) is 1.83. The summed E-state index contributed by atoms with van der Waals surface area (Å²) in [7, 11) is -7.10. The van der Waals surface area contributed by atoms with Gasteiger partial charge in [-0.15, -0.1) is 11.3 Å². The zero-order valence-corrected chi connectivity index (χ0v) is 15.3. The molecule has 0 aliphatic heterocycles. The fourth-order valence-corrected chi connectivity index (χ4v) is 4.98. The first-order chi connectivity index (χ1) is 11.1. The second kappa shape index (κ2) is 5.83. The number of hydrogen-bond acceptors (Lipinski definition) is 6. The molecule has 0 saturated heterocycles. The van der Waals surface area contributed by atoms with Gasteiger partial charge in [0.25, 0.3) is 10.0 Å². The van der Waals surface area contributed by atoms with Crippen LogP contribution in [-0.4, -0.2) is 28.1 Å². The van der Waals surface area contributed by atoms with Crippen molar-refractivity contribution in [3.05, 3.63) is 48.0 Å². The maximum absolute atomic E-state index is 12.4. The molecule has 0 atom stereocenters. The van der Waals surface area contributed by atoms with Crippen molar-refractivity contribution in [1.29, 1.82) is 0 Å². The van der Waals surface area contributed by atoms with Gasteiger partial charge in [0.15, 0.2) is 0 Å². The van der Waals surface area contributed by atoms with E-state index >= 15 is 0 Å². The van der Waals surface area contributed by atoms with Crippen LogP contribution < -0.4 is 4.72 Å². The molecule has 0 saturated carbocycles. The minimum Gasteiger partial charge on any atom is -0.280 e. The Labute approximate surface area is 144 Å². The Morgan fingerprint density at radius 2 is 1.67 bits per heavy atom. The second-order valence-corrected chi connectivity index (χ2v) is 10.3. The highest BCUT2D eigenvalue weighted by molar-refractivity contribution is 7.93. The normalized spacial score (nSPS) is 12.4. The van der Waals surface area contributed by atoms with Crippen molar-refractivity contribution in [2.75, 3.05) is 11.0 Å². The number of nitrogens with zero attached hydrogens (tertiary/aromatic N) is 1. The van der Waals surface area contributed by atoms with E-state index in [0.717, 1.165) is 23.2 Å². The number of thiazole rings is 1. The van der Waals surface area contributed by atoms with Gasteiger partial charge in [0.1, 0.15) is 0 Å². The summed E-state index contributed by atoms with van der Waals surface area (Å²) in [6, 6.07) is 11.2. The molecule has 1 heterocycles. The molecule has 3 rings (SSSR count). The first-order valence-corrected chi connectivity index (χ1v) is 11.0. The van der Waals surface area contributed by atoms with Crippen LogP contribution in [0.15, 0.2) is 51.7 Å². The lowest BCUT2D eigenvalue weighted by molar-refractivity contribution is 0.599. The van der Waals surface area contributed by atoms with Crippen molar-refractivity contribution >= 4 is 47.1 Å². The van der Waals surface area contributed by atoms with E-state index in [0.29, 0.717) is 15.9 Å². The molecule has 0 spiro atoms. The van der Waals surface area contributed by atoms with Crippen molar-refractivity contribution in [1.82, 2.24) is 4.98 Å². The molecule has 0 aliphatic carbocycles. The fraction of sp³-hybridized carbons (Fsp3) is 0.133. The number of sulfone groups is 1. The number of aromatic nitrogens is 1. The lowest BCUT2D eigenvalue weighted by Crippen LogP contribution is -2.12. The Morgan fingerprint density at radius 1 is 1.00 bits per heavy atom. The molecular weight excluding hydrogens is 368 g/mol. The maximum Gasteiger partial charge on any atom is 0.261 e. The second-order valence-electron chi connectivity index (χ2n) is 5.35. The van der Waals surface area contributed by atoms with Crippen LogP contribution in [-0.2, 0) is 19.9 Å². The summed E-state index contributed by atoms with van der Waals surface area (Å²) in [5, 5.41) is 0. The molecule has 9 heteroatoms. The first-order valence-electron chi connectivity index (χ1n) is 6.85. The number of hydrogen-bond donors (Lipinski definition) is 1. The summed E-state index contributed by atoms with van der Waals surface area (Å²) in [4.78, 5) is 4.20. The molecule has 1 N–H and O–H groups in total. The van der Waals surface area contributed by atoms with Gasteiger partial charge in [0, 0.05) is 6.26 Å². The smallest absolute Gasteiger partial charge is 0.261 e. The Hall–Kier alpha value is -1.97. The molecule has 126 valence electrons. The van der Waals surface area contributed by atoms with E-state index in [4.69, 9.17) is 0 Å². The Morgan fingerprint density at radius 3 is 2.29 bits per heavy atom. The van der Waals surface area contributed by atoms with Gasteiger partial charge in [-0.1, -0.05) is 17.7 Å². The topological polar surface area (TPSA) is 93.2 Å². The molecule has 0 aliphatic rings. The Balaban J connectivity index is 1.96. The van der Waals surface area contributed by atoms with Crippen LogP contribution in [0.3, 0.4) is 0 Å². The molecule has 0 amide bonds. The largest absolute Gasteiger partial charge is 0.280 e. The fourth-order valence-electron chi connectivity index (χ4n) is 2.06. The number of benzene rings is 2. The molecule has 3 aromatic rings. The van der Waals surface area contributed by atoms with E-state index < -0.39 is 19.9 Å². The Kier molecular flexibility index (Phi) is 4.10. The average Bonchev–Trinajstić information content (AvgIpc) is 2.90. The van der Waals surface area contributed by atoms with Crippen LogP contribution in [0, 0.1) is 6.92 Å². The van der Waals surface area contributed by atoms with Gasteiger partial charge in [0.2, 0.25) is 14.2 Å². The first kappa shape index (κ1) is 16.9. The number of nitrogens with one attached hydrogen (secondary N) is 1. The summed E-state index contributed by atoms with van der Waals surface area (Å²) in [6.45, 7) is 1.88. The average molecular weight is 382 g/mol. The monoisotopic (exact) mass is 382 g/mol. The van der Waals surface area contributed by atoms with Crippen molar-refractivity contribution in [3.8, 4) is 0 Å². The number of aryl methyl sites for hydroxylation is 1. The quantitative estimate of drug-likeness (QED) is 0.749. The predicted octanol–water partition coefficient (Wildman–Crippen LogP) is 2.81.